The van der Waals surface area contributed by atoms with E-state index in [2.05, 4.69) is 44.5 Å². The Hall–Kier alpha value is -1.63. The molecule has 7 nitrogen and oxygen atoms in total. The van der Waals surface area contributed by atoms with E-state index in [9.17, 15) is 0 Å². The van der Waals surface area contributed by atoms with Crippen molar-refractivity contribution in [3.63, 3.8) is 0 Å². The number of likely N-dealkylation sites (tertiary alicyclic amines) is 1. The summed E-state index contributed by atoms with van der Waals surface area (Å²) in [5.74, 6) is 2.72. The molecule has 2 fully saturated rings. The summed E-state index contributed by atoms with van der Waals surface area (Å²) >= 11 is 0. The van der Waals surface area contributed by atoms with Gasteiger partial charge in [-0.25, -0.2) is 0 Å². The number of aromatic nitrogens is 2. The van der Waals surface area contributed by atoms with Crippen LogP contribution in [0, 0.1) is 0 Å². The summed E-state index contributed by atoms with van der Waals surface area (Å²) in [6.07, 6.45) is 8.52. The largest absolute Gasteiger partial charge is 0.356 e. The van der Waals surface area contributed by atoms with E-state index in [0.29, 0.717) is 12.0 Å². The van der Waals surface area contributed by atoms with E-state index in [1.807, 2.05) is 7.05 Å². The molecule has 1 saturated carbocycles. The van der Waals surface area contributed by atoms with Gasteiger partial charge in [0, 0.05) is 51.1 Å². The smallest absolute Gasteiger partial charge is 0.226 e. The maximum atomic E-state index is 5.29. The van der Waals surface area contributed by atoms with E-state index in [0.717, 1.165) is 49.6 Å². The lowest BCUT2D eigenvalue weighted by molar-refractivity contribution is 0.242. The molecule has 26 heavy (non-hydrogen) atoms. The molecule has 1 aliphatic carbocycles. The molecule has 1 aromatic heterocycles. The van der Waals surface area contributed by atoms with Gasteiger partial charge in [-0.05, 0) is 25.7 Å². The molecular weight excluding hydrogens is 328 g/mol. The minimum atomic E-state index is 0.309. The molecule has 1 aliphatic heterocycles. The second-order valence-corrected chi connectivity index (χ2v) is 7.87. The number of aliphatic imine (C=N–C) groups is 1. The maximum absolute atomic E-state index is 5.29. The van der Waals surface area contributed by atoms with Crippen molar-refractivity contribution < 1.29 is 4.52 Å². The molecule has 1 atom stereocenters. The van der Waals surface area contributed by atoms with Crippen LogP contribution in [0.25, 0.3) is 0 Å². The van der Waals surface area contributed by atoms with Gasteiger partial charge in [-0.3, -0.25) is 9.89 Å². The zero-order valence-corrected chi connectivity index (χ0v) is 16.5. The lowest BCUT2D eigenvalue weighted by atomic mass is 10.2. The molecule has 2 heterocycles. The van der Waals surface area contributed by atoms with Crippen LogP contribution in [0.15, 0.2) is 9.52 Å². The first-order chi connectivity index (χ1) is 12.7. The molecule has 3 rings (SSSR count). The lowest BCUT2D eigenvalue weighted by Crippen LogP contribution is -2.45. The van der Waals surface area contributed by atoms with Gasteiger partial charge < -0.3 is 15.2 Å². The van der Waals surface area contributed by atoms with Gasteiger partial charge in [-0.2, -0.15) is 4.98 Å². The quantitative estimate of drug-likeness (QED) is 0.440. The molecule has 1 unspecified atom stereocenters. The second kappa shape index (κ2) is 9.35. The van der Waals surface area contributed by atoms with Gasteiger partial charge >= 0.3 is 0 Å². The molecule has 0 radical (unpaired) electrons. The third kappa shape index (κ3) is 5.19. The molecule has 1 saturated heterocycles. The monoisotopic (exact) mass is 362 g/mol. The van der Waals surface area contributed by atoms with Crippen molar-refractivity contribution in [2.75, 3.05) is 26.7 Å². The number of aryl methyl sites for hydroxylation is 1. The highest BCUT2D eigenvalue weighted by Gasteiger charge is 2.30. The van der Waals surface area contributed by atoms with Crippen LogP contribution in [0.3, 0.4) is 0 Å². The van der Waals surface area contributed by atoms with Crippen LogP contribution in [-0.4, -0.2) is 59.8 Å². The first-order valence-corrected chi connectivity index (χ1v) is 10.2. The van der Waals surface area contributed by atoms with Gasteiger partial charge in [-0.15, -0.1) is 0 Å². The number of hydrogen-bond acceptors (Lipinski definition) is 5. The summed E-state index contributed by atoms with van der Waals surface area (Å²) in [7, 11) is 1.84. The summed E-state index contributed by atoms with van der Waals surface area (Å²) in [4.78, 5) is 11.5. The van der Waals surface area contributed by atoms with Gasteiger partial charge in [0.1, 0.15) is 0 Å². The van der Waals surface area contributed by atoms with E-state index >= 15 is 0 Å². The Morgan fingerprint density at radius 2 is 2.12 bits per heavy atom. The fourth-order valence-corrected chi connectivity index (χ4v) is 3.94. The Morgan fingerprint density at radius 3 is 2.81 bits per heavy atom. The van der Waals surface area contributed by atoms with Crippen molar-refractivity contribution in [3.05, 3.63) is 11.7 Å². The highest BCUT2D eigenvalue weighted by molar-refractivity contribution is 5.79. The van der Waals surface area contributed by atoms with E-state index < -0.39 is 0 Å². The van der Waals surface area contributed by atoms with Gasteiger partial charge in [-0.1, -0.05) is 31.8 Å². The Morgan fingerprint density at radius 1 is 1.31 bits per heavy atom. The van der Waals surface area contributed by atoms with Crippen LogP contribution < -0.4 is 10.6 Å². The van der Waals surface area contributed by atoms with E-state index in [4.69, 9.17) is 4.52 Å². The van der Waals surface area contributed by atoms with Crippen LogP contribution in [0.1, 0.15) is 70.0 Å². The van der Waals surface area contributed by atoms with Crippen LogP contribution in [-0.2, 0) is 6.42 Å². The molecule has 0 spiro atoms. The SMILES string of the molecule is CN=C(NCCCc1nc(C(C)C)no1)NC1CCN(C2CCCC2)C1. The second-order valence-electron chi connectivity index (χ2n) is 7.87. The standard InChI is InChI=1S/C19H34N6O/c1-14(2)18-23-17(26-24-18)9-6-11-21-19(20-3)22-15-10-12-25(13-15)16-7-4-5-8-16/h14-16H,4-13H2,1-3H3,(H2,20,21,22). The molecule has 0 amide bonds. The predicted molar refractivity (Wildman–Crippen MR) is 103 cm³/mol. The minimum Gasteiger partial charge on any atom is -0.356 e. The van der Waals surface area contributed by atoms with Crippen LogP contribution in [0.2, 0.25) is 0 Å². The van der Waals surface area contributed by atoms with Crippen molar-refractivity contribution in [1.29, 1.82) is 0 Å². The van der Waals surface area contributed by atoms with Gasteiger partial charge in [0.25, 0.3) is 0 Å². The zero-order valence-electron chi connectivity index (χ0n) is 16.5. The number of guanidine groups is 1. The summed E-state index contributed by atoms with van der Waals surface area (Å²) in [6, 6.07) is 1.33. The maximum Gasteiger partial charge on any atom is 0.226 e. The summed E-state index contributed by atoms with van der Waals surface area (Å²) in [5, 5.41) is 11.0. The van der Waals surface area contributed by atoms with Crippen LogP contribution in [0.5, 0.6) is 0 Å². The average molecular weight is 363 g/mol. The molecule has 7 heteroatoms. The van der Waals surface area contributed by atoms with Gasteiger partial charge in [0.05, 0.1) is 0 Å². The Kier molecular flexibility index (Phi) is 6.88. The third-order valence-corrected chi connectivity index (χ3v) is 5.49. The fraction of sp³-hybridized carbons (Fsp3) is 0.842. The normalized spacial score (nSPS) is 22.5. The summed E-state index contributed by atoms with van der Waals surface area (Å²) in [5.41, 5.74) is 0. The highest BCUT2D eigenvalue weighted by atomic mass is 16.5. The van der Waals surface area contributed by atoms with Gasteiger partial charge in [0.2, 0.25) is 5.89 Å². The van der Waals surface area contributed by atoms with Crippen LogP contribution in [0.4, 0.5) is 0 Å². The highest BCUT2D eigenvalue weighted by Crippen LogP contribution is 2.26. The average Bonchev–Trinajstić information content (AvgIpc) is 3.38. The van der Waals surface area contributed by atoms with E-state index in [1.54, 1.807) is 0 Å². The number of hydrogen-bond donors (Lipinski definition) is 2. The molecule has 2 N–H and O–H groups in total. The van der Waals surface area contributed by atoms with Gasteiger partial charge in [0.15, 0.2) is 11.8 Å². The Balaban J connectivity index is 1.34. The third-order valence-electron chi connectivity index (χ3n) is 5.49. The molecule has 1 aromatic rings. The zero-order chi connectivity index (χ0) is 18.4. The first kappa shape index (κ1) is 19.1. The minimum absolute atomic E-state index is 0.309. The van der Waals surface area contributed by atoms with Crippen molar-refractivity contribution in [3.8, 4) is 0 Å². The summed E-state index contributed by atoms with van der Waals surface area (Å²) < 4.78 is 5.29. The summed E-state index contributed by atoms with van der Waals surface area (Å²) in [6.45, 7) is 7.35. The number of nitrogens with zero attached hydrogens (tertiary/aromatic N) is 4. The fourth-order valence-electron chi connectivity index (χ4n) is 3.94. The number of rotatable bonds is 7. The van der Waals surface area contributed by atoms with Crippen molar-refractivity contribution in [1.82, 2.24) is 25.7 Å². The molecule has 0 bridgehead atoms. The molecular formula is C19H34N6O. The van der Waals surface area contributed by atoms with Crippen molar-refractivity contribution >= 4 is 5.96 Å². The van der Waals surface area contributed by atoms with Crippen molar-refractivity contribution in [2.45, 2.75) is 76.8 Å². The lowest BCUT2D eigenvalue weighted by Gasteiger charge is -2.24. The Labute approximate surface area is 157 Å². The Bertz CT molecular complexity index is 578. The van der Waals surface area contributed by atoms with Crippen molar-refractivity contribution in [2.24, 2.45) is 4.99 Å². The molecule has 0 aromatic carbocycles. The molecule has 146 valence electrons. The van der Waals surface area contributed by atoms with E-state index in [-0.39, 0.29) is 0 Å². The van der Waals surface area contributed by atoms with Crippen LogP contribution >= 0.6 is 0 Å². The van der Waals surface area contributed by atoms with E-state index in [1.165, 1.54) is 38.6 Å². The predicted octanol–water partition coefficient (Wildman–Crippen LogP) is 2.31. The first-order valence-electron chi connectivity index (χ1n) is 10.2. The molecule has 2 aliphatic rings. The number of nitrogens with one attached hydrogen (secondary N) is 2. The topological polar surface area (TPSA) is 78.6 Å².